The zero-order chi connectivity index (χ0) is 13.2. The third-order valence-electron chi connectivity index (χ3n) is 2.46. The number of hydrogen-bond donors (Lipinski definition) is 1. The lowest BCUT2D eigenvalue weighted by molar-refractivity contribution is 0.639. The van der Waals surface area contributed by atoms with Crippen molar-refractivity contribution in [3.63, 3.8) is 0 Å². The van der Waals surface area contributed by atoms with Gasteiger partial charge in [0.25, 0.3) is 0 Å². The standard InChI is InChI=1S/C11H13FN2S.C2H6/c1-5(2)8-6(3)4-7(12)10-9(8)14-11(13)15-10;1-2/h4-5H,1-3H3,(H2,13,14);1-2H3. The number of aromatic nitrogens is 1. The molecule has 0 radical (unpaired) electrons. The van der Waals surface area contributed by atoms with Crippen molar-refractivity contribution in [3.8, 4) is 0 Å². The molecule has 0 atom stereocenters. The van der Waals surface area contributed by atoms with Crippen LogP contribution < -0.4 is 5.73 Å². The molecule has 0 spiro atoms. The lowest BCUT2D eigenvalue weighted by Gasteiger charge is -2.10. The number of anilines is 1. The van der Waals surface area contributed by atoms with Crippen molar-refractivity contribution in [2.45, 2.75) is 40.5 Å². The lowest BCUT2D eigenvalue weighted by Crippen LogP contribution is -1.95. The highest BCUT2D eigenvalue weighted by Crippen LogP contribution is 2.34. The molecule has 0 saturated carbocycles. The molecule has 0 unspecified atom stereocenters. The fourth-order valence-electron chi connectivity index (χ4n) is 1.93. The van der Waals surface area contributed by atoms with Gasteiger partial charge in [-0.25, -0.2) is 9.37 Å². The Bertz CT molecular complexity index is 518. The van der Waals surface area contributed by atoms with Crippen LogP contribution in [0.15, 0.2) is 6.07 Å². The number of nitrogen functional groups attached to an aromatic ring is 1. The highest BCUT2D eigenvalue weighted by atomic mass is 32.1. The summed E-state index contributed by atoms with van der Waals surface area (Å²) in [5.74, 6) is 0.107. The summed E-state index contributed by atoms with van der Waals surface area (Å²) in [4.78, 5) is 4.21. The van der Waals surface area contributed by atoms with Gasteiger partial charge in [0.05, 0.1) is 10.2 Å². The van der Waals surface area contributed by atoms with E-state index in [1.165, 1.54) is 11.3 Å². The van der Waals surface area contributed by atoms with Gasteiger partial charge in [0, 0.05) is 0 Å². The number of thiazole rings is 1. The quantitative estimate of drug-likeness (QED) is 0.815. The molecule has 4 heteroatoms. The van der Waals surface area contributed by atoms with Crippen LogP contribution in [0.2, 0.25) is 0 Å². The summed E-state index contributed by atoms with van der Waals surface area (Å²) in [7, 11) is 0. The summed E-state index contributed by atoms with van der Waals surface area (Å²) >= 11 is 1.21. The first-order chi connectivity index (χ1) is 8.00. The minimum Gasteiger partial charge on any atom is -0.375 e. The summed E-state index contributed by atoms with van der Waals surface area (Å²) in [5, 5.41) is 0.427. The molecule has 1 heterocycles. The van der Waals surface area contributed by atoms with E-state index in [0.717, 1.165) is 16.6 Å². The van der Waals surface area contributed by atoms with Crippen molar-refractivity contribution >= 4 is 26.7 Å². The summed E-state index contributed by atoms with van der Waals surface area (Å²) in [6, 6.07) is 1.56. The van der Waals surface area contributed by atoms with Crippen molar-refractivity contribution in [2.75, 3.05) is 5.73 Å². The molecule has 0 aliphatic heterocycles. The summed E-state index contributed by atoms with van der Waals surface area (Å²) in [6.07, 6.45) is 0. The second kappa shape index (κ2) is 5.45. The van der Waals surface area contributed by atoms with Gasteiger partial charge in [-0.05, 0) is 30.0 Å². The molecule has 2 aromatic rings. The van der Waals surface area contributed by atoms with E-state index in [-0.39, 0.29) is 5.82 Å². The maximum Gasteiger partial charge on any atom is 0.181 e. The van der Waals surface area contributed by atoms with Gasteiger partial charge in [-0.15, -0.1) is 0 Å². The Kier molecular flexibility index (Phi) is 4.46. The number of benzene rings is 1. The molecule has 0 saturated heterocycles. The molecular weight excluding hydrogens is 235 g/mol. The Morgan fingerprint density at radius 2 is 1.94 bits per heavy atom. The largest absolute Gasteiger partial charge is 0.375 e. The second-order valence-electron chi connectivity index (χ2n) is 3.97. The third-order valence-corrected chi connectivity index (χ3v) is 3.35. The average Bonchev–Trinajstić information content (AvgIpc) is 2.62. The van der Waals surface area contributed by atoms with Crippen LogP contribution in [-0.2, 0) is 0 Å². The van der Waals surface area contributed by atoms with E-state index < -0.39 is 0 Å². The fraction of sp³-hybridized carbons (Fsp3) is 0.462. The highest BCUT2D eigenvalue weighted by molar-refractivity contribution is 7.22. The number of aryl methyl sites for hydroxylation is 1. The highest BCUT2D eigenvalue weighted by Gasteiger charge is 2.16. The molecule has 94 valence electrons. The molecule has 2 rings (SSSR count). The maximum atomic E-state index is 13.6. The van der Waals surface area contributed by atoms with Crippen molar-refractivity contribution < 1.29 is 4.39 Å². The molecule has 2 nitrogen and oxygen atoms in total. The number of nitrogens with zero attached hydrogens (tertiary/aromatic N) is 1. The van der Waals surface area contributed by atoms with E-state index in [9.17, 15) is 4.39 Å². The predicted molar refractivity (Wildman–Crippen MR) is 74.2 cm³/mol. The van der Waals surface area contributed by atoms with Gasteiger partial charge < -0.3 is 5.73 Å². The Hall–Kier alpha value is -1.16. The summed E-state index contributed by atoms with van der Waals surface area (Å²) in [6.45, 7) is 10.1. The normalized spacial score (nSPS) is 10.5. The monoisotopic (exact) mass is 254 g/mol. The van der Waals surface area contributed by atoms with E-state index in [1.54, 1.807) is 6.07 Å². The van der Waals surface area contributed by atoms with Crippen LogP contribution in [0.3, 0.4) is 0 Å². The van der Waals surface area contributed by atoms with Crippen LogP contribution in [0, 0.1) is 12.7 Å². The summed E-state index contributed by atoms with van der Waals surface area (Å²) < 4.78 is 14.2. The van der Waals surface area contributed by atoms with Gasteiger partial charge in [-0.2, -0.15) is 0 Å². The average molecular weight is 254 g/mol. The third kappa shape index (κ3) is 2.57. The SMILES string of the molecule is CC.Cc1cc(F)c2sc(N)nc2c1C(C)C. The second-order valence-corrected chi connectivity index (χ2v) is 5.00. The molecule has 1 aromatic carbocycles. The summed E-state index contributed by atoms with van der Waals surface area (Å²) in [5.41, 5.74) is 8.39. The smallest absolute Gasteiger partial charge is 0.181 e. The van der Waals surface area contributed by atoms with E-state index in [2.05, 4.69) is 18.8 Å². The molecular formula is C13H19FN2S. The lowest BCUT2D eigenvalue weighted by atomic mass is 9.97. The van der Waals surface area contributed by atoms with Crippen LogP contribution in [0.4, 0.5) is 9.52 Å². The van der Waals surface area contributed by atoms with Crippen LogP contribution >= 0.6 is 11.3 Å². The zero-order valence-corrected chi connectivity index (χ0v) is 11.8. The van der Waals surface area contributed by atoms with E-state index >= 15 is 0 Å². The van der Waals surface area contributed by atoms with E-state index in [1.807, 2.05) is 20.8 Å². The van der Waals surface area contributed by atoms with Crippen molar-refractivity contribution in [1.29, 1.82) is 0 Å². The first kappa shape index (κ1) is 13.9. The minimum absolute atomic E-state index is 0.221. The van der Waals surface area contributed by atoms with Gasteiger partial charge in [0.2, 0.25) is 0 Å². The molecule has 0 fully saturated rings. The number of hydrogen-bond acceptors (Lipinski definition) is 3. The topological polar surface area (TPSA) is 38.9 Å². The number of nitrogens with two attached hydrogens (primary N) is 1. The minimum atomic E-state index is -0.221. The molecule has 17 heavy (non-hydrogen) atoms. The van der Waals surface area contributed by atoms with Gasteiger partial charge in [0.15, 0.2) is 5.13 Å². The van der Waals surface area contributed by atoms with E-state index in [4.69, 9.17) is 5.73 Å². The Balaban J connectivity index is 0.000000686. The Morgan fingerprint density at radius 1 is 1.35 bits per heavy atom. The fourth-order valence-corrected chi connectivity index (χ4v) is 2.68. The van der Waals surface area contributed by atoms with Gasteiger partial charge in [0.1, 0.15) is 5.82 Å². The molecule has 1 aromatic heterocycles. The van der Waals surface area contributed by atoms with Crippen LogP contribution in [-0.4, -0.2) is 4.98 Å². The van der Waals surface area contributed by atoms with E-state index in [0.29, 0.717) is 15.7 Å². The van der Waals surface area contributed by atoms with Crippen LogP contribution in [0.25, 0.3) is 10.2 Å². The van der Waals surface area contributed by atoms with Gasteiger partial charge >= 0.3 is 0 Å². The molecule has 0 aliphatic carbocycles. The van der Waals surface area contributed by atoms with Gasteiger partial charge in [-0.3, -0.25) is 0 Å². The first-order valence-corrected chi connectivity index (χ1v) is 6.67. The number of fused-ring (bicyclic) bond motifs is 1. The van der Waals surface area contributed by atoms with Crippen molar-refractivity contribution in [1.82, 2.24) is 4.98 Å². The molecule has 2 N–H and O–H groups in total. The zero-order valence-electron chi connectivity index (χ0n) is 11.0. The Labute approximate surface area is 106 Å². The number of halogens is 1. The molecule has 0 amide bonds. The maximum absolute atomic E-state index is 13.6. The first-order valence-electron chi connectivity index (χ1n) is 5.85. The van der Waals surface area contributed by atoms with Crippen molar-refractivity contribution in [3.05, 3.63) is 23.0 Å². The Morgan fingerprint density at radius 3 is 2.47 bits per heavy atom. The molecule has 0 aliphatic rings. The van der Waals surface area contributed by atoms with Crippen molar-refractivity contribution in [2.24, 2.45) is 0 Å². The molecule has 0 bridgehead atoms. The van der Waals surface area contributed by atoms with Crippen LogP contribution in [0.5, 0.6) is 0 Å². The van der Waals surface area contributed by atoms with Crippen LogP contribution in [0.1, 0.15) is 44.7 Å². The number of rotatable bonds is 1. The van der Waals surface area contributed by atoms with Gasteiger partial charge in [-0.1, -0.05) is 39.0 Å². The predicted octanol–water partition coefficient (Wildman–Crippen LogP) is 4.48.